The van der Waals surface area contributed by atoms with Crippen LogP contribution in [-0.4, -0.2) is 26.4 Å². The Hall–Kier alpha value is -3.13. The predicted octanol–water partition coefficient (Wildman–Crippen LogP) is 4.17. The van der Waals surface area contributed by atoms with Crippen molar-refractivity contribution in [1.82, 2.24) is 25.7 Å². The van der Waals surface area contributed by atoms with Gasteiger partial charge in [-0.25, -0.2) is 0 Å². The number of hydroxylamine groups is 1. The number of nitrogens with one attached hydrogen (secondary N) is 1. The van der Waals surface area contributed by atoms with Gasteiger partial charge in [-0.1, -0.05) is 29.3 Å². The third kappa shape index (κ3) is 3.37. The van der Waals surface area contributed by atoms with Crippen molar-refractivity contribution in [3.8, 4) is 11.8 Å². The van der Waals surface area contributed by atoms with Crippen molar-refractivity contribution in [2.75, 3.05) is 0 Å². The van der Waals surface area contributed by atoms with Crippen molar-refractivity contribution in [2.45, 2.75) is 11.8 Å². The van der Waals surface area contributed by atoms with E-state index in [0.717, 1.165) is 18.2 Å². The number of tetrazole rings is 1. The van der Waals surface area contributed by atoms with E-state index in [0.29, 0.717) is 11.3 Å². The molecule has 152 valence electrons. The highest BCUT2D eigenvalue weighted by molar-refractivity contribution is 6.34. The average Bonchev–Trinajstić information content (AvgIpc) is 3.37. The molecule has 7 nitrogen and oxygen atoms in total. The maximum Gasteiger partial charge on any atom is 0.428 e. The van der Waals surface area contributed by atoms with Crippen molar-refractivity contribution < 1.29 is 18.0 Å². The summed E-state index contributed by atoms with van der Waals surface area (Å²) in [5, 5.41) is 20.2. The summed E-state index contributed by atoms with van der Waals surface area (Å²) in [5.41, 5.74) is 0.0311. The van der Waals surface area contributed by atoms with Gasteiger partial charge < -0.3 is 0 Å². The van der Waals surface area contributed by atoms with Gasteiger partial charge in [0.25, 0.3) is 0 Å². The van der Waals surface area contributed by atoms with Crippen LogP contribution in [0.15, 0.2) is 48.8 Å². The summed E-state index contributed by atoms with van der Waals surface area (Å²) < 4.78 is 43.5. The topological polar surface area (TPSA) is 88.6 Å². The highest BCUT2D eigenvalue weighted by Crippen LogP contribution is 2.48. The number of hydrogen-bond donors (Lipinski definition) is 1. The van der Waals surface area contributed by atoms with E-state index < -0.39 is 11.8 Å². The molecule has 0 amide bonds. The van der Waals surface area contributed by atoms with Crippen molar-refractivity contribution in [3.05, 3.63) is 75.5 Å². The van der Waals surface area contributed by atoms with Crippen molar-refractivity contribution in [2.24, 2.45) is 0 Å². The second kappa shape index (κ2) is 7.28. The van der Waals surface area contributed by atoms with Crippen LogP contribution in [0.5, 0.6) is 0 Å². The molecule has 1 aliphatic rings. The molecular weight excluding hydrogens is 444 g/mol. The van der Waals surface area contributed by atoms with Crippen LogP contribution in [0, 0.1) is 11.3 Å². The van der Waals surface area contributed by atoms with E-state index in [1.807, 2.05) is 6.07 Å². The van der Waals surface area contributed by atoms with Gasteiger partial charge in [-0.05, 0) is 46.8 Å². The lowest BCUT2D eigenvalue weighted by molar-refractivity contribution is -0.269. The van der Waals surface area contributed by atoms with Crippen molar-refractivity contribution in [1.29, 1.82) is 5.26 Å². The molecule has 0 spiro atoms. The van der Waals surface area contributed by atoms with E-state index >= 15 is 0 Å². The summed E-state index contributed by atoms with van der Waals surface area (Å²) in [6.45, 7) is 0. The van der Waals surface area contributed by atoms with Gasteiger partial charge >= 0.3 is 6.18 Å². The van der Waals surface area contributed by atoms with E-state index in [9.17, 15) is 18.4 Å². The summed E-state index contributed by atoms with van der Waals surface area (Å²) >= 11 is 11.8. The molecule has 1 unspecified atom stereocenters. The minimum absolute atomic E-state index is 0.0168. The Kier molecular flexibility index (Phi) is 4.89. The lowest BCUT2D eigenvalue weighted by Crippen LogP contribution is -2.42. The molecular formula is C18H9Cl2F3N6O. The standard InChI is InChI=1S/C18H9Cl2F3N6O/c19-13-4-12(5-14(20)6-13)17(18(21,22)23)7-15(26-30-17)10-1-2-16(11(3-10)8-24)29-9-25-27-28-29/h1-7,9,26H. The van der Waals surface area contributed by atoms with Crippen molar-refractivity contribution in [3.63, 3.8) is 0 Å². The third-order valence-corrected chi connectivity index (χ3v) is 4.84. The van der Waals surface area contributed by atoms with Crippen LogP contribution in [0.25, 0.3) is 11.4 Å². The Labute approximate surface area is 177 Å². The smallest absolute Gasteiger partial charge is 0.265 e. The number of halogens is 5. The Morgan fingerprint density at radius 3 is 2.47 bits per heavy atom. The van der Waals surface area contributed by atoms with E-state index in [1.165, 1.54) is 35.3 Å². The van der Waals surface area contributed by atoms with Gasteiger partial charge in [0.05, 0.1) is 16.9 Å². The zero-order chi connectivity index (χ0) is 21.5. The molecule has 1 atom stereocenters. The molecule has 0 radical (unpaired) electrons. The molecule has 30 heavy (non-hydrogen) atoms. The summed E-state index contributed by atoms with van der Waals surface area (Å²) in [6, 6.07) is 9.97. The Morgan fingerprint density at radius 2 is 1.87 bits per heavy atom. The van der Waals surface area contributed by atoms with Crippen LogP contribution in [0.1, 0.15) is 16.7 Å². The minimum Gasteiger partial charge on any atom is -0.265 e. The molecule has 0 fully saturated rings. The maximum absolute atomic E-state index is 14.1. The molecule has 12 heteroatoms. The quantitative estimate of drug-likeness (QED) is 0.641. The fourth-order valence-electron chi connectivity index (χ4n) is 3.02. The second-order valence-corrected chi connectivity index (χ2v) is 7.12. The normalized spacial score (nSPS) is 18.6. The number of nitrogens with zero attached hydrogens (tertiary/aromatic N) is 5. The first kappa shape index (κ1) is 20.2. The van der Waals surface area contributed by atoms with Gasteiger partial charge in [-0.2, -0.15) is 23.1 Å². The van der Waals surface area contributed by atoms with Crippen LogP contribution in [-0.2, 0) is 10.4 Å². The second-order valence-electron chi connectivity index (χ2n) is 6.25. The average molecular weight is 453 g/mol. The number of hydrogen-bond acceptors (Lipinski definition) is 6. The van der Waals surface area contributed by atoms with E-state index in [2.05, 4.69) is 21.0 Å². The zero-order valence-corrected chi connectivity index (χ0v) is 16.2. The highest BCUT2D eigenvalue weighted by Gasteiger charge is 2.59. The van der Waals surface area contributed by atoms with Crippen LogP contribution in [0.4, 0.5) is 13.2 Å². The molecule has 2 heterocycles. The lowest BCUT2D eigenvalue weighted by atomic mass is 9.91. The first-order valence-electron chi connectivity index (χ1n) is 8.21. The lowest BCUT2D eigenvalue weighted by Gasteiger charge is -2.28. The molecule has 0 saturated heterocycles. The van der Waals surface area contributed by atoms with Gasteiger partial charge in [0.15, 0.2) is 0 Å². The molecule has 1 N–H and O–H groups in total. The first-order valence-corrected chi connectivity index (χ1v) is 8.97. The van der Waals surface area contributed by atoms with Gasteiger partial charge in [0, 0.05) is 21.2 Å². The van der Waals surface area contributed by atoms with Crippen molar-refractivity contribution >= 4 is 28.9 Å². The number of aromatic nitrogens is 4. The predicted molar refractivity (Wildman–Crippen MR) is 100 cm³/mol. The summed E-state index contributed by atoms with van der Waals surface area (Å²) in [4.78, 5) is 5.04. The fraction of sp³-hybridized carbons (Fsp3) is 0.111. The Morgan fingerprint density at radius 1 is 1.13 bits per heavy atom. The largest absolute Gasteiger partial charge is 0.428 e. The number of nitriles is 1. The molecule has 0 bridgehead atoms. The van der Waals surface area contributed by atoms with Crippen LogP contribution in [0.2, 0.25) is 10.0 Å². The molecule has 0 aliphatic carbocycles. The Balaban J connectivity index is 1.82. The van der Waals surface area contributed by atoms with E-state index in [-0.39, 0.29) is 26.9 Å². The van der Waals surface area contributed by atoms with Gasteiger partial charge in [0.1, 0.15) is 12.4 Å². The molecule has 3 aromatic rings. The van der Waals surface area contributed by atoms with E-state index in [4.69, 9.17) is 28.0 Å². The minimum atomic E-state index is -4.83. The summed E-state index contributed by atoms with van der Waals surface area (Å²) in [7, 11) is 0. The van der Waals surface area contributed by atoms with Gasteiger partial charge in [-0.15, -0.1) is 5.10 Å². The highest BCUT2D eigenvalue weighted by atomic mass is 35.5. The molecule has 0 saturated carbocycles. The number of alkyl halides is 3. The number of rotatable bonds is 3. The summed E-state index contributed by atoms with van der Waals surface area (Å²) in [6.07, 6.45) is -2.66. The maximum atomic E-state index is 14.1. The fourth-order valence-corrected chi connectivity index (χ4v) is 3.54. The van der Waals surface area contributed by atoms with Gasteiger partial charge in [0.2, 0.25) is 5.60 Å². The summed E-state index contributed by atoms with van der Waals surface area (Å²) in [5.74, 6) is 0. The van der Waals surface area contributed by atoms with Crippen LogP contribution in [0.3, 0.4) is 0 Å². The number of benzene rings is 2. The van der Waals surface area contributed by atoms with E-state index in [1.54, 1.807) is 0 Å². The first-order chi connectivity index (χ1) is 14.2. The third-order valence-electron chi connectivity index (χ3n) is 4.41. The Bertz CT molecular complexity index is 1170. The monoisotopic (exact) mass is 452 g/mol. The molecule has 1 aliphatic heterocycles. The SMILES string of the molecule is N#Cc1cc(C2=CC(c3cc(Cl)cc(Cl)c3)(C(F)(F)F)ON2)ccc1-n1cnnn1. The molecule has 4 rings (SSSR count). The van der Waals surface area contributed by atoms with Gasteiger partial charge in [-0.3, -0.25) is 10.3 Å². The molecule has 1 aromatic heterocycles. The molecule has 2 aromatic carbocycles. The zero-order valence-electron chi connectivity index (χ0n) is 14.7. The van der Waals surface area contributed by atoms with Crippen LogP contribution < -0.4 is 5.48 Å². The van der Waals surface area contributed by atoms with Crippen LogP contribution >= 0.6 is 23.2 Å².